The van der Waals surface area contributed by atoms with Gasteiger partial charge in [-0.2, -0.15) is 0 Å². The van der Waals surface area contributed by atoms with Crippen molar-refractivity contribution in [3.05, 3.63) is 95.6 Å². The van der Waals surface area contributed by atoms with Crippen LogP contribution in [0.15, 0.2) is 78.9 Å². The number of aromatic nitrogens is 1. The Morgan fingerprint density at radius 1 is 0.365 bits per heavy atom. The SMILES string of the molecule is COc1ccc(CCn2c3c(-c4ccc(OC)c(OC)c4)c(C)c4cc(OC)c(OC)cc4c3c3c4ccc(OC)c(OC)c4c(C)c(-c4ccc(OC)c(OC)c4)c32)cc1OC. The van der Waals surface area contributed by atoms with Gasteiger partial charge in [0, 0.05) is 33.8 Å². The smallest absolute Gasteiger partial charge is 0.168 e. The largest absolute Gasteiger partial charge is 0.493 e. The first kappa shape index (κ1) is 42.5. The van der Waals surface area contributed by atoms with E-state index in [1.54, 1.807) is 71.1 Å². The molecule has 0 atom stereocenters. The van der Waals surface area contributed by atoms with Gasteiger partial charge in [0.2, 0.25) is 0 Å². The summed E-state index contributed by atoms with van der Waals surface area (Å²) in [4.78, 5) is 0. The highest BCUT2D eigenvalue weighted by atomic mass is 16.5. The molecule has 0 saturated heterocycles. The molecule has 1 aromatic heterocycles. The highest BCUT2D eigenvalue weighted by Gasteiger charge is 2.30. The van der Waals surface area contributed by atoms with E-state index in [1.165, 1.54) is 0 Å². The molecule has 0 unspecified atom stereocenters. The van der Waals surface area contributed by atoms with E-state index in [0.29, 0.717) is 70.5 Å². The van der Waals surface area contributed by atoms with Crippen LogP contribution in [0, 0.1) is 13.8 Å². The number of benzene rings is 7. The Morgan fingerprint density at radius 2 is 0.794 bits per heavy atom. The Balaban J connectivity index is 1.68. The Morgan fingerprint density at radius 3 is 1.30 bits per heavy atom. The lowest BCUT2D eigenvalue weighted by atomic mass is 9.87. The molecule has 0 aliphatic carbocycles. The van der Waals surface area contributed by atoms with Crippen LogP contribution in [0.4, 0.5) is 0 Å². The summed E-state index contributed by atoms with van der Waals surface area (Å²) >= 11 is 0. The highest BCUT2D eigenvalue weighted by molar-refractivity contribution is 6.34. The number of hydrogen-bond acceptors (Lipinski definition) is 10. The molecule has 0 saturated carbocycles. The van der Waals surface area contributed by atoms with Gasteiger partial charge in [0.05, 0.1) is 82.1 Å². The van der Waals surface area contributed by atoms with E-state index in [4.69, 9.17) is 47.4 Å². The molecule has 8 rings (SSSR count). The predicted molar refractivity (Wildman–Crippen MR) is 250 cm³/mol. The fourth-order valence-corrected chi connectivity index (χ4v) is 9.37. The normalized spacial score (nSPS) is 11.3. The van der Waals surface area contributed by atoms with Gasteiger partial charge in [0.15, 0.2) is 57.5 Å². The van der Waals surface area contributed by atoms with Crippen LogP contribution in [0.5, 0.6) is 57.5 Å². The summed E-state index contributed by atoms with van der Waals surface area (Å²) in [7, 11) is 16.6. The molecule has 0 amide bonds. The number of methoxy groups -OCH3 is 10. The number of hydrogen-bond donors (Lipinski definition) is 0. The van der Waals surface area contributed by atoms with Gasteiger partial charge in [-0.3, -0.25) is 0 Å². The molecule has 0 bridgehead atoms. The van der Waals surface area contributed by atoms with Crippen molar-refractivity contribution >= 4 is 43.4 Å². The fraction of sp³-hybridized carbons (Fsp3) is 0.269. The van der Waals surface area contributed by atoms with E-state index < -0.39 is 0 Å². The summed E-state index contributed by atoms with van der Waals surface area (Å²) in [5.74, 6) is 6.33. The third-order valence-electron chi connectivity index (χ3n) is 12.3. The summed E-state index contributed by atoms with van der Waals surface area (Å²) in [5.41, 5.74) is 9.10. The molecule has 11 nitrogen and oxygen atoms in total. The van der Waals surface area contributed by atoms with Gasteiger partial charge in [0.25, 0.3) is 0 Å². The van der Waals surface area contributed by atoms with Gasteiger partial charge in [-0.25, -0.2) is 0 Å². The number of fused-ring (bicyclic) bond motifs is 7. The highest BCUT2D eigenvalue weighted by Crippen LogP contribution is 2.54. The molecule has 7 aromatic carbocycles. The van der Waals surface area contributed by atoms with Crippen molar-refractivity contribution in [2.24, 2.45) is 0 Å². The second-order valence-corrected chi connectivity index (χ2v) is 15.2. The van der Waals surface area contributed by atoms with E-state index in [2.05, 4.69) is 60.9 Å². The number of rotatable bonds is 15. The van der Waals surface area contributed by atoms with E-state index in [9.17, 15) is 0 Å². The quantitative estimate of drug-likeness (QED) is 0.0991. The zero-order chi connectivity index (χ0) is 44.7. The van der Waals surface area contributed by atoms with Crippen LogP contribution in [0.3, 0.4) is 0 Å². The molecule has 326 valence electrons. The zero-order valence-corrected chi connectivity index (χ0v) is 37.9. The van der Waals surface area contributed by atoms with Crippen molar-refractivity contribution in [3.8, 4) is 79.7 Å². The minimum absolute atomic E-state index is 0.576. The van der Waals surface area contributed by atoms with Crippen molar-refractivity contribution < 1.29 is 47.4 Å². The molecule has 63 heavy (non-hydrogen) atoms. The average molecular weight is 852 g/mol. The van der Waals surface area contributed by atoms with Crippen LogP contribution in [-0.2, 0) is 13.0 Å². The summed E-state index contributed by atoms with van der Waals surface area (Å²) in [6.07, 6.45) is 0.655. The van der Waals surface area contributed by atoms with Crippen molar-refractivity contribution in [2.75, 3.05) is 71.1 Å². The Bertz CT molecular complexity index is 3030. The molecule has 0 N–H and O–H groups in total. The zero-order valence-electron chi connectivity index (χ0n) is 37.9. The summed E-state index contributed by atoms with van der Waals surface area (Å²) in [5, 5.41) is 5.99. The van der Waals surface area contributed by atoms with Crippen molar-refractivity contribution in [1.82, 2.24) is 4.57 Å². The maximum Gasteiger partial charge on any atom is 0.168 e. The molecule has 0 spiro atoms. The second kappa shape index (κ2) is 17.3. The first-order valence-corrected chi connectivity index (χ1v) is 20.5. The molecular formula is C52H53NO10. The van der Waals surface area contributed by atoms with Gasteiger partial charge in [-0.1, -0.05) is 18.2 Å². The Labute approximate surface area is 367 Å². The maximum atomic E-state index is 6.27. The number of aryl methyl sites for hydroxylation is 4. The van der Waals surface area contributed by atoms with Crippen LogP contribution in [-0.4, -0.2) is 75.7 Å². The predicted octanol–water partition coefficient (Wildman–Crippen LogP) is 11.4. The maximum absolute atomic E-state index is 6.27. The molecule has 11 heteroatoms. The van der Waals surface area contributed by atoms with Gasteiger partial charge < -0.3 is 51.9 Å². The molecule has 8 aromatic rings. The third-order valence-corrected chi connectivity index (χ3v) is 12.3. The average Bonchev–Trinajstić information content (AvgIpc) is 3.65. The molecule has 0 aliphatic heterocycles. The molecular weight excluding hydrogens is 799 g/mol. The van der Waals surface area contributed by atoms with E-state index in [-0.39, 0.29) is 0 Å². The van der Waals surface area contributed by atoms with E-state index >= 15 is 0 Å². The van der Waals surface area contributed by atoms with Gasteiger partial charge in [-0.15, -0.1) is 0 Å². The minimum Gasteiger partial charge on any atom is -0.493 e. The van der Waals surface area contributed by atoms with Crippen LogP contribution in [0.25, 0.3) is 65.6 Å². The van der Waals surface area contributed by atoms with Gasteiger partial charge in [-0.05, 0) is 125 Å². The van der Waals surface area contributed by atoms with Crippen LogP contribution in [0.1, 0.15) is 16.7 Å². The third kappa shape index (κ3) is 6.83. The lowest BCUT2D eigenvalue weighted by Gasteiger charge is -2.20. The monoisotopic (exact) mass is 851 g/mol. The van der Waals surface area contributed by atoms with Gasteiger partial charge in [0.1, 0.15) is 0 Å². The van der Waals surface area contributed by atoms with Crippen LogP contribution >= 0.6 is 0 Å². The van der Waals surface area contributed by atoms with E-state index in [1.807, 2.05) is 36.4 Å². The summed E-state index contributed by atoms with van der Waals surface area (Å²) in [6.45, 7) is 4.90. The van der Waals surface area contributed by atoms with Gasteiger partial charge >= 0.3 is 0 Å². The van der Waals surface area contributed by atoms with Crippen molar-refractivity contribution in [1.29, 1.82) is 0 Å². The molecule has 1 heterocycles. The minimum atomic E-state index is 0.576. The lowest BCUT2D eigenvalue weighted by molar-refractivity contribution is 0.354. The number of ether oxygens (including phenoxy) is 10. The summed E-state index contributed by atoms with van der Waals surface area (Å²) in [6, 6.07) is 26.6. The second-order valence-electron chi connectivity index (χ2n) is 15.2. The van der Waals surface area contributed by atoms with Crippen molar-refractivity contribution in [2.45, 2.75) is 26.8 Å². The topological polar surface area (TPSA) is 97.2 Å². The first-order valence-electron chi connectivity index (χ1n) is 20.5. The fourth-order valence-electron chi connectivity index (χ4n) is 9.37. The first-order chi connectivity index (χ1) is 30.6. The van der Waals surface area contributed by atoms with Crippen molar-refractivity contribution in [3.63, 3.8) is 0 Å². The molecule has 0 fully saturated rings. The lowest BCUT2D eigenvalue weighted by Crippen LogP contribution is -2.05. The molecule has 0 aliphatic rings. The Hall–Kier alpha value is -7.14. The Kier molecular flexibility index (Phi) is 11.7. The summed E-state index contributed by atoms with van der Waals surface area (Å²) < 4.78 is 61.5. The van der Waals surface area contributed by atoms with E-state index in [0.717, 1.165) is 82.3 Å². The standard InChI is InChI=1S/C52H53NO10/c1-28-34-26-43(61-10)44(62-11)27-35(34)49-48-33-16-20-39(57-6)52(63-12)47(33)29(2)46(32-15-19-38(56-5)42(25-32)60-9)51(48)53(22-21-30-13-17-36(54-3)40(23-30)58-7)50(49)45(28)31-14-18-37(55-4)41(24-31)59-8/h13-20,23-27H,21-22H2,1-12H3. The number of nitrogens with zero attached hydrogens (tertiary/aromatic N) is 1. The van der Waals surface area contributed by atoms with Crippen LogP contribution < -0.4 is 47.4 Å². The van der Waals surface area contributed by atoms with Crippen LogP contribution in [0.2, 0.25) is 0 Å². The molecule has 0 radical (unpaired) electrons.